The summed E-state index contributed by atoms with van der Waals surface area (Å²) in [6.45, 7) is 2.03. The molecule has 0 unspecified atom stereocenters. The number of nitrogen functional groups attached to an aromatic ring is 1. The predicted octanol–water partition coefficient (Wildman–Crippen LogP) is 3.11. The number of rotatable bonds is 5. The molecule has 0 heterocycles. The van der Waals surface area contributed by atoms with E-state index < -0.39 is 0 Å². The van der Waals surface area contributed by atoms with Gasteiger partial charge in [0, 0.05) is 12.1 Å². The molecule has 2 aromatic rings. The minimum absolute atomic E-state index is 0.0908. The molecule has 4 N–H and O–H groups in total. The van der Waals surface area contributed by atoms with Gasteiger partial charge in [0.05, 0.1) is 5.69 Å². The number of hydrogen-bond donors (Lipinski definition) is 3. The molecule has 0 fully saturated rings. The van der Waals surface area contributed by atoms with Gasteiger partial charge in [0.15, 0.2) is 0 Å². The molecule has 0 aliphatic heterocycles. The van der Waals surface area contributed by atoms with Crippen LogP contribution in [0.3, 0.4) is 0 Å². The van der Waals surface area contributed by atoms with Crippen LogP contribution in [0.4, 0.5) is 11.4 Å². The smallest absolute Gasteiger partial charge is 0.224 e. The highest BCUT2D eigenvalue weighted by Gasteiger charge is 2.07. The van der Waals surface area contributed by atoms with Crippen LogP contribution in [-0.2, 0) is 17.6 Å². The summed E-state index contributed by atoms with van der Waals surface area (Å²) < 4.78 is 0. The minimum Gasteiger partial charge on any atom is -0.506 e. The number of aromatic hydroxyl groups is 1. The van der Waals surface area contributed by atoms with Crippen LogP contribution < -0.4 is 11.1 Å². The number of phenols is 1. The van der Waals surface area contributed by atoms with Crippen molar-refractivity contribution in [2.45, 2.75) is 26.2 Å². The largest absolute Gasteiger partial charge is 0.506 e. The van der Waals surface area contributed by atoms with Gasteiger partial charge >= 0.3 is 0 Å². The molecule has 0 aromatic heterocycles. The molecule has 0 saturated heterocycles. The number of anilines is 2. The lowest BCUT2D eigenvalue weighted by Crippen LogP contribution is -2.12. The summed E-state index contributed by atoms with van der Waals surface area (Å²) in [5, 5.41) is 12.5. The molecule has 110 valence electrons. The molecule has 0 spiro atoms. The fraction of sp³-hybridized carbons (Fsp3) is 0.235. The van der Waals surface area contributed by atoms with E-state index in [1.165, 1.54) is 0 Å². The number of benzene rings is 2. The van der Waals surface area contributed by atoms with E-state index in [0.29, 0.717) is 24.2 Å². The molecule has 2 aromatic carbocycles. The fourth-order valence-corrected chi connectivity index (χ4v) is 2.06. The van der Waals surface area contributed by atoms with Gasteiger partial charge in [-0.25, -0.2) is 0 Å². The Morgan fingerprint density at radius 3 is 2.48 bits per heavy atom. The van der Waals surface area contributed by atoms with Crippen LogP contribution in [0.2, 0.25) is 0 Å². The first-order valence-electron chi connectivity index (χ1n) is 7.04. The van der Waals surface area contributed by atoms with Gasteiger partial charge in [-0.3, -0.25) is 4.79 Å². The van der Waals surface area contributed by atoms with E-state index in [4.69, 9.17) is 5.73 Å². The Morgan fingerprint density at radius 2 is 1.81 bits per heavy atom. The Bertz CT molecular complexity index is 621. The first-order chi connectivity index (χ1) is 10.1. The summed E-state index contributed by atoms with van der Waals surface area (Å²) in [6.07, 6.45) is 1.86. The highest BCUT2D eigenvalue weighted by atomic mass is 16.3. The van der Waals surface area contributed by atoms with E-state index in [-0.39, 0.29) is 11.7 Å². The van der Waals surface area contributed by atoms with Gasteiger partial charge in [-0.2, -0.15) is 0 Å². The van der Waals surface area contributed by atoms with E-state index in [2.05, 4.69) is 5.32 Å². The molecule has 0 saturated carbocycles. The SMILES string of the molecule is CCc1ccc(O)c(NC(=O)CCc2ccc(N)cc2)c1. The number of aryl methyl sites for hydroxylation is 2. The number of nitrogens with one attached hydrogen (secondary N) is 1. The lowest BCUT2D eigenvalue weighted by molar-refractivity contribution is -0.116. The second kappa shape index (κ2) is 6.79. The van der Waals surface area contributed by atoms with E-state index in [9.17, 15) is 9.90 Å². The molecule has 0 bridgehead atoms. The van der Waals surface area contributed by atoms with Crippen molar-refractivity contribution in [2.24, 2.45) is 0 Å². The van der Waals surface area contributed by atoms with Crippen molar-refractivity contribution in [2.75, 3.05) is 11.1 Å². The molecule has 0 aliphatic carbocycles. The average molecular weight is 284 g/mol. The average Bonchev–Trinajstić information content (AvgIpc) is 2.49. The molecule has 0 aliphatic rings. The zero-order chi connectivity index (χ0) is 15.2. The van der Waals surface area contributed by atoms with Gasteiger partial charge in [0.25, 0.3) is 0 Å². The fourth-order valence-electron chi connectivity index (χ4n) is 2.06. The summed E-state index contributed by atoms with van der Waals surface area (Å²) in [5.41, 5.74) is 8.94. The van der Waals surface area contributed by atoms with E-state index in [1.54, 1.807) is 12.1 Å². The molecule has 2 rings (SSSR count). The standard InChI is InChI=1S/C17H20N2O2/c1-2-12-5-9-16(20)15(11-12)19-17(21)10-6-13-3-7-14(18)8-4-13/h3-5,7-9,11,20H,2,6,10,18H2,1H3,(H,19,21). The zero-order valence-corrected chi connectivity index (χ0v) is 12.1. The molecule has 4 heteroatoms. The second-order valence-corrected chi connectivity index (χ2v) is 4.99. The third kappa shape index (κ3) is 4.24. The van der Waals surface area contributed by atoms with Gasteiger partial charge in [0.2, 0.25) is 5.91 Å². The van der Waals surface area contributed by atoms with Crippen LogP contribution in [0.5, 0.6) is 5.75 Å². The summed E-state index contributed by atoms with van der Waals surface area (Å²) in [5.74, 6) is -0.0246. The van der Waals surface area contributed by atoms with Crippen molar-refractivity contribution >= 4 is 17.3 Å². The number of carbonyl (C=O) groups excluding carboxylic acids is 1. The van der Waals surface area contributed by atoms with Crippen molar-refractivity contribution in [3.8, 4) is 5.75 Å². The highest BCUT2D eigenvalue weighted by molar-refractivity contribution is 5.92. The van der Waals surface area contributed by atoms with Crippen molar-refractivity contribution in [3.63, 3.8) is 0 Å². The molecule has 21 heavy (non-hydrogen) atoms. The number of nitrogens with two attached hydrogens (primary N) is 1. The lowest BCUT2D eigenvalue weighted by atomic mass is 10.1. The molecular formula is C17H20N2O2. The number of hydrogen-bond acceptors (Lipinski definition) is 3. The Labute approximate surface area is 124 Å². The van der Waals surface area contributed by atoms with Gasteiger partial charge in [-0.15, -0.1) is 0 Å². The van der Waals surface area contributed by atoms with Crippen LogP contribution in [-0.4, -0.2) is 11.0 Å². The first kappa shape index (κ1) is 14.9. The monoisotopic (exact) mass is 284 g/mol. The quantitative estimate of drug-likeness (QED) is 0.583. The zero-order valence-electron chi connectivity index (χ0n) is 12.1. The summed E-state index contributed by atoms with van der Waals surface area (Å²) in [7, 11) is 0. The van der Waals surface area contributed by atoms with Crippen molar-refractivity contribution in [1.29, 1.82) is 0 Å². The molecular weight excluding hydrogens is 264 g/mol. The Balaban J connectivity index is 1.94. The summed E-state index contributed by atoms with van der Waals surface area (Å²) in [6, 6.07) is 12.7. The lowest BCUT2D eigenvalue weighted by Gasteiger charge is -2.09. The number of carbonyl (C=O) groups is 1. The van der Waals surface area contributed by atoms with Gasteiger partial charge in [0.1, 0.15) is 5.75 Å². The highest BCUT2D eigenvalue weighted by Crippen LogP contribution is 2.24. The van der Waals surface area contributed by atoms with E-state index in [1.807, 2.05) is 37.3 Å². The first-order valence-corrected chi connectivity index (χ1v) is 7.04. The van der Waals surface area contributed by atoms with Crippen LogP contribution in [0.1, 0.15) is 24.5 Å². The van der Waals surface area contributed by atoms with Gasteiger partial charge in [-0.1, -0.05) is 25.1 Å². The number of amides is 1. The van der Waals surface area contributed by atoms with Crippen molar-refractivity contribution in [3.05, 3.63) is 53.6 Å². The summed E-state index contributed by atoms with van der Waals surface area (Å²) in [4.78, 5) is 12.0. The van der Waals surface area contributed by atoms with Crippen LogP contribution in [0.25, 0.3) is 0 Å². The molecule has 0 atom stereocenters. The Hall–Kier alpha value is -2.49. The van der Waals surface area contributed by atoms with Crippen LogP contribution in [0, 0.1) is 0 Å². The maximum Gasteiger partial charge on any atom is 0.224 e. The Kier molecular flexibility index (Phi) is 4.82. The predicted molar refractivity (Wildman–Crippen MR) is 85.3 cm³/mol. The topological polar surface area (TPSA) is 75.3 Å². The molecule has 1 amide bonds. The summed E-state index contributed by atoms with van der Waals surface area (Å²) >= 11 is 0. The number of phenolic OH excluding ortho intramolecular Hbond substituents is 1. The second-order valence-electron chi connectivity index (χ2n) is 4.99. The van der Waals surface area contributed by atoms with Gasteiger partial charge < -0.3 is 16.2 Å². The molecule has 0 radical (unpaired) electrons. The maximum atomic E-state index is 12.0. The van der Waals surface area contributed by atoms with Crippen LogP contribution >= 0.6 is 0 Å². The third-order valence-electron chi connectivity index (χ3n) is 3.36. The van der Waals surface area contributed by atoms with E-state index in [0.717, 1.165) is 17.5 Å². The van der Waals surface area contributed by atoms with Crippen molar-refractivity contribution < 1.29 is 9.90 Å². The van der Waals surface area contributed by atoms with Crippen LogP contribution in [0.15, 0.2) is 42.5 Å². The minimum atomic E-state index is -0.115. The third-order valence-corrected chi connectivity index (χ3v) is 3.36. The Morgan fingerprint density at radius 1 is 1.14 bits per heavy atom. The normalized spacial score (nSPS) is 10.3. The van der Waals surface area contributed by atoms with E-state index >= 15 is 0 Å². The van der Waals surface area contributed by atoms with Crippen molar-refractivity contribution in [1.82, 2.24) is 0 Å². The molecule has 4 nitrogen and oxygen atoms in total. The van der Waals surface area contributed by atoms with Gasteiger partial charge in [-0.05, 0) is 48.2 Å². The maximum absolute atomic E-state index is 12.0.